The van der Waals surface area contributed by atoms with Gasteiger partial charge in [-0.15, -0.1) is 0 Å². The number of hydrogen-bond donors (Lipinski definition) is 0. The Morgan fingerprint density at radius 1 is 0.880 bits per heavy atom. The molecule has 0 unspecified atom stereocenters. The smallest absolute Gasteiger partial charge is 0.264 e. The molecule has 1 heterocycles. The first-order valence-corrected chi connectivity index (χ1v) is 9.61. The van der Waals surface area contributed by atoms with E-state index in [0.717, 1.165) is 17.5 Å². The van der Waals surface area contributed by atoms with Crippen molar-refractivity contribution in [1.29, 1.82) is 0 Å². The Hall–Kier alpha value is -2.66. The maximum absolute atomic E-state index is 13.2. The minimum atomic E-state index is -3.67. The summed E-state index contributed by atoms with van der Waals surface area (Å²) >= 11 is 0. The molecule has 0 saturated heterocycles. The number of aromatic nitrogens is 1. The van der Waals surface area contributed by atoms with E-state index in [1.165, 1.54) is 4.31 Å². The van der Waals surface area contributed by atoms with E-state index in [2.05, 4.69) is 4.98 Å². The molecule has 128 valence electrons. The Morgan fingerprint density at radius 3 is 2.20 bits per heavy atom. The second-order valence-corrected chi connectivity index (χ2v) is 7.57. The maximum Gasteiger partial charge on any atom is 0.264 e. The van der Waals surface area contributed by atoms with Crippen LogP contribution in [0.3, 0.4) is 0 Å². The number of pyridine rings is 1. The first-order valence-electron chi connectivity index (χ1n) is 8.17. The van der Waals surface area contributed by atoms with Crippen molar-refractivity contribution in [3.05, 3.63) is 90.3 Å². The van der Waals surface area contributed by atoms with Gasteiger partial charge in [0.15, 0.2) is 0 Å². The fourth-order valence-corrected chi connectivity index (χ4v) is 4.04. The zero-order valence-corrected chi connectivity index (χ0v) is 14.9. The van der Waals surface area contributed by atoms with Crippen LogP contribution in [0, 0.1) is 0 Å². The summed E-state index contributed by atoms with van der Waals surface area (Å²) in [6.07, 6.45) is 4.23. The number of rotatable bonds is 6. The van der Waals surface area contributed by atoms with E-state index in [4.69, 9.17) is 0 Å². The molecular weight excluding hydrogens is 332 g/mol. The Kier molecular flexibility index (Phi) is 5.14. The molecule has 0 bridgehead atoms. The van der Waals surface area contributed by atoms with Crippen molar-refractivity contribution in [2.75, 3.05) is 4.31 Å². The highest BCUT2D eigenvalue weighted by Crippen LogP contribution is 2.26. The molecular formula is C20H20N2O2S. The highest BCUT2D eigenvalue weighted by molar-refractivity contribution is 7.92. The SMILES string of the molecule is CCc1ccc(S(=O)(=O)N(Cc2cccnc2)c2ccccc2)cc1. The normalized spacial score (nSPS) is 11.2. The quantitative estimate of drug-likeness (QED) is 0.673. The van der Waals surface area contributed by atoms with Crippen LogP contribution in [0.15, 0.2) is 84.0 Å². The maximum atomic E-state index is 13.2. The minimum Gasteiger partial charge on any atom is -0.264 e. The van der Waals surface area contributed by atoms with Gasteiger partial charge in [0, 0.05) is 12.4 Å². The summed E-state index contributed by atoms with van der Waals surface area (Å²) in [5.41, 5.74) is 2.57. The second-order valence-electron chi connectivity index (χ2n) is 5.71. The average Bonchev–Trinajstić information content (AvgIpc) is 2.67. The Balaban J connectivity index is 2.03. The van der Waals surface area contributed by atoms with Crippen LogP contribution < -0.4 is 4.31 Å². The molecule has 0 amide bonds. The van der Waals surface area contributed by atoms with Crippen molar-refractivity contribution < 1.29 is 8.42 Å². The first-order chi connectivity index (χ1) is 12.1. The summed E-state index contributed by atoms with van der Waals surface area (Å²) in [7, 11) is -3.67. The van der Waals surface area contributed by atoms with Crippen LogP contribution >= 0.6 is 0 Å². The zero-order chi connectivity index (χ0) is 17.7. The van der Waals surface area contributed by atoms with Gasteiger partial charge in [-0.3, -0.25) is 9.29 Å². The first kappa shape index (κ1) is 17.2. The van der Waals surface area contributed by atoms with Gasteiger partial charge in [0.2, 0.25) is 0 Å². The lowest BCUT2D eigenvalue weighted by atomic mass is 10.2. The lowest BCUT2D eigenvalue weighted by Crippen LogP contribution is -2.30. The van der Waals surface area contributed by atoms with E-state index in [1.807, 2.05) is 43.3 Å². The lowest BCUT2D eigenvalue weighted by molar-refractivity contribution is 0.590. The minimum absolute atomic E-state index is 0.232. The number of aryl methyl sites for hydroxylation is 1. The molecule has 4 nitrogen and oxygen atoms in total. The van der Waals surface area contributed by atoms with E-state index < -0.39 is 10.0 Å². The van der Waals surface area contributed by atoms with E-state index in [-0.39, 0.29) is 11.4 Å². The van der Waals surface area contributed by atoms with Gasteiger partial charge in [0.1, 0.15) is 0 Å². The molecule has 1 aromatic heterocycles. The van der Waals surface area contributed by atoms with Gasteiger partial charge in [0.25, 0.3) is 10.0 Å². The van der Waals surface area contributed by atoms with Gasteiger partial charge >= 0.3 is 0 Å². The summed E-state index contributed by atoms with van der Waals surface area (Å²) in [4.78, 5) is 4.38. The van der Waals surface area contributed by atoms with E-state index in [1.54, 1.807) is 42.7 Å². The molecule has 5 heteroatoms. The topological polar surface area (TPSA) is 50.3 Å². The summed E-state index contributed by atoms with van der Waals surface area (Å²) in [6, 6.07) is 19.9. The molecule has 0 N–H and O–H groups in total. The molecule has 2 aromatic carbocycles. The van der Waals surface area contributed by atoms with Crippen LogP contribution in [0.25, 0.3) is 0 Å². The average molecular weight is 352 g/mol. The monoisotopic (exact) mass is 352 g/mol. The van der Waals surface area contributed by atoms with Gasteiger partial charge in [0.05, 0.1) is 17.1 Å². The molecule has 25 heavy (non-hydrogen) atoms. The van der Waals surface area contributed by atoms with Gasteiger partial charge in [-0.1, -0.05) is 43.3 Å². The third-order valence-corrected chi connectivity index (χ3v) is 5.80. The number of para-hydroxylation sites is 1. The largest absolute Gasteiger partial charge is 0.264 e. The fraction of sp³-hybridized carbons (Fsp3) is 0.150. The van der Waals surface area contributed by atoms with Crippen LogP contribution in [0.5, 0.6) is 0 Å². The molecule has 0 aliphatic rings. The Labute approximate surface area is 148 Å². The number of benzene rings is 2. The molecule has 3 aromatic rings. The fourth-order valence-electron chi connectivity index (χ4n) is 2.59. The van der Waals surface area contributed by atoms with Crippen molar-refractivity contribution in [3.8, 4) is 0 Å². The van der Waals surface area contributed by atoms with Crippen molar-refractivity contribution in [2.45, 2.75) is 24.8 Å². The van der Waals surface area contributed by atoms with E-state index in [0.29, 0.717) is 5.69 Å². The van der Waals surface area contributed by atoms with Crippen molar-refractivity contribution >= 4 is 15.7 Å². The van der Waals surface area contributed by atoms with Crippen molar-refractivity contribution in [3.63, 3.8) is 0 Å². The number of nitrogens with zero attached hydrogens (tertiary/aromatic N) is 2. The van der Waals surface area contributed by atoms with Crippen molar-refractivity contribution in [2.24, 2.45) is 0 Å². The molecule has 0 saturated carbocycles. The highest BCUT2D eigenvalue weighted by atomic mass is 32.2. The molecule has 0 aliphatic carbocycles. The van der Waals surface area contributed by atoms with Gasteiger partial charge in [-0.2, -0.15) is 0 Å². The number of hydrogen-bond acceptors (Lipinski definition) is 3. The third-order valence-electron chi connectivity index (χ3n) is 4.01. The van der Waals surface area contributed by atoms with E-state index in [9.17, 15) is 8.42 Å². The lowest BCUT2D eigenvalue weighted by Gasteiger charge is -2.24. The molecule has 0 atom stereocenters. The molecule has 0 radical (unpaired) electrons. The number of sulfonamides is 1. The highest BCUT2D eigenvalue weighted by Gasteiger charge is 2.25. The zero-order valence-electron chi connectivity index (χ0n) is 14.0. The second kappa shape index (κ2) is 7.49. The van der Waals surface area contributed by atoms with Crippen LogP contribution in [0.4, 0.5) is 5.69 Å². The summed E-state index contributed by atoms with van der Waals surface area (Å²) < 4.78 is 27.9. The molecule has 0 aliphatic heterocycles. The summed E-state index contributed by atoms with van der Waals surface area (Å²) in [6.45, 7) is 2.28. The third kappa shape index (κ3) is 3.88. The molecule has 3 rings (SSSR count). The van der Waals surface area contributed by atoms with Crippen LogP contribution in [0.2, 0.25) is 0 Å². The number of anilines is 1. The standard InChI is InChI=1S/C20H20N2O2S/c1-2-17-10-12-20(13-11-17)25(23,24)22(19-8-4-3-5-9-19)16-18-7-6-14-21-15-18/h3-15H,2,16H2,1H3. The summed E-state index contributed by atoms with van der Waals surface area (Å²) in [5.74, 6) is 0. The molecule has 0 spiro atoms. The van der Waals surface area contributed by atoms with Gasteiger partial charge in [-0.25, -0.2) is 8.42 Å². The van der Waals surface area contributed by atoms with Gasteiger partial charge < -0.3 is 0 Å². The van der Waals surface area contributed by atoms with Crippen molar-refractivity contribution in [1.82, 2.24) is 4.98 Å². The van der Waals surface area contributed by atoms with Crippen LogP contribution in [-0.4, -0.2) is 13.4 Å². The predicted molar refractivity (Wildman–Crippen MR) is 99.9 cm³/mol. The Morgan fingerprint density at radius 2 is 1.60 bits per heavy atom. The van der Waals surface area contributed by atoms with E-state index >= 15 is 0 Å². The van der Waals surface area contributed by atoms with Gasteiger partial charge in [-0.05, 0) is 47.9 Å². The predicted octanol–water partition coefficient (Wildman–Crippen LogP) is 4.04. The van der Waals surface area contributed by atoms with Crippen LogP contribution in [-0.2, 0) is 23.0 Å². The Bertz CT molecular complexity index is 909. The summed E-state index contributed by atoms with van der Waals surface area (Å²) in [5, 5.41) is 0. The molecule has 0 fully saturated rings. The van der Waals surface area contributed by atoms with Crippen LogP contribution in [0.1, 0.15) is 18.1 Å².